The van der Waals surface area contributed by atoms with Crippen LogP contribution in [-0.4, -0.2) is 41.5 Å². The molecule has 0 radical (unpaired) electrons. The van der Waals surface area contributed by atoms with Gasteiger partial charge in [0.1, 0.15) is 5.82 Å². The lowest BCUT2D eigenvalue weighted by Gasteiger charge is -2.23. The maximum atomic E-state index is 13.0. The summed E-state index contributed by atoms with van der Waals surface area (Å²) in [5, 5.41) is 6.68. The fourth-order valence-corrected chi connectivity index (χ4v) is 4.20. The van der Waals surface area contributed by atoms with Crippen molar-refractivity contribution in [3.05, 3.63) is 41.6 Å². The minimum atomic E-state index is -4.68. The number of sulfonamides is 1. The number of halogens is 3. The van der Waals surface area contributed by atoms with Crippen LogP contribution in [0.25, 0.3) is 0 Å². The third-order valence-electron chi connectivity index (χ3n) is 4.34. The molecule has 2 rings (SSSR count). The minimum Gasteiger partial charge on any atom is -0.310 e. The van der Waals surface area contributed by atoms with Gasteiger partial charge >= 0.3 is 6.18 Å². The quantitative estimate of drug-likeness (QED) is 0.674. The number of alkyl halides is 3. The van der Waals surface area contributed by atoms with Crippen LogP contribution in [-0.2, 0) is 28.0 Å². The second-order valence-corrected chi connectivity index (χ2v) is 9.33. The average molecular weight is 446 g/mol. The Morgan fingerprint density at radius 2 is 1.93 bits per heavy atom. The Hall–Kier alpha value is -2.40. The van der Waals surface area contributed by atoms with Crippen LogP contribution in [0.1, 0.15) is 31.5 Å². The number of carbonyl (C=O) groups excluding carboxylic acids is 1. The summed E-state index contributed by atoms with van der Waals surface area (Å²) in [6.45, 7) is 4.97. The SMILES string of the molecule is Cc1cc(NC(=O)CN(CCC(C)C)S(=O)(=O)c2cccc(C(F)(F)F)c2)n(C)n1. The molecule has 0 unspecified atom stereocenters. The van der Waals surface area contributed by atoms with Gasteiger partial charge < -0.3 is 5.32 Å². The number of carbonyl (C=O) groups is 1. The van der Waals surface area contributed by atoms with E-state index in [9.17, 15) is 26.4 Å². The Kier molecular flexibility index (Phi) is 7.30. The lowest BCUT2D eigenvalue weighted by atomic mass is 10.1. The number of benzene rings is 1. The first-order valence-corrected chi connectivity index (χ1v) is 10.7. The first-order valence-electron chi connectivity index (χ1n) is 9.28. The van der Waals surface area contributed by atoms with Crippen molar-refractivity contribution in [3.63, 3.8) is 0 Å². The Balaban J connectivity index is 2.30. The van der Waals surface area contributed by atoms with Gasteiger partial charge in [-0.15, -0.1) is 0 Å². The Labute approximate surface area is 173 Å². The number of anilines is 1. The predicted molar refractivity (Wildman–Crippen MR) is 106 cm³/mol. The highest BCUT2D eigenvalue weighted by Gasteiger charge is 2.33. The molecule has 0 aliphatic rings. The lowest BCUT2D eigenvalue weighted by Crippen LogP contribution is -2.39. The van der Waals surface area contributed by atoms with Crippen molar-refractivity contribution < 1.29 is 26.4 Å². The van der Waals surface area contributed by atoms with Crippen LogP contribution >= 0.6 is 0 Å². The van der Waals surface area contributed by atoms with Crippen LogP contribution in [0.4, 0.5) is 19.0 Å². The molecule has 0 saturated carbocycles. The second kappa shape index (κ2) is 9.17. The van der Waals surface area contributed by atoms with E-state index in [-0.39, 0.29) is 12.5 Å². The number of aromatic nitrogens is 2. The molecule has 11 heteroatoms. The topological polar surface area (TPSA) is 84.3 Å². The van der Waals surface area contributed by atoms with Gasteiger partial charge in [0.15, 0.2) is 0 Å². The lowest BCUT2D eigenvalue weighted by molar-refractivity contribution is -0.137. The molecular weight excluding hydrogens is 421 g/mol. The van der Waals surface area contributed by atoms with Crippen molar-refractivity contribution in [2.75, 3.05) is 18.4 Å². The van der Waals surface area contributed by atoms with E-state index < -0.39 is 39.1 Å². The van der Waals surface area contributed by atoms with Crippen LogP contribution in [0.15, 0.2) is 35.2 Å². The largest absolute Gasteiger partial charge is 0.416 e. The molecule has 0 saturated heterocycles. The smallest absolute Gasteiger partial charge is 0.310 e. The first-order chi connectivity index (χ1) is 13.8. The summed E-state index contributed by atoms with van der Waals surface area (Å²) in [6.07, 6.45) is -4.24. The van der Waals surface area contributed by atoms with Crippen LogP contribution in [0.5, 0.6) is 0 Å². The van der Waals surface area contributed by atoms with E-state index in [1.54, 1.807) is 20.0 Å². The Morgan fingerprint density at radius 3 is 2.47 bits per heavy atom. The summed E-state index contributed by atoms with van der Waals surface area (Å²) in [5.41, 5.74) is -0.400. The predicted octanol–water partition coefficient (Wildman–Crippen LogP) is 3.42. The molecule has 0 spiro atoms. The fraction of sp³-hybridized carbons (Fsp3) is 0.474. The summed E-state index contributed by atoms with van der Waals surface area (Å²) in [6, 6.07) is 5.14. The van der Waals surface area contributed by atoms with Crippen molar-refractivity contribution >= 4 is 21.7 Å². The fourth-order valence-electron chi connectivity index (χ4n) is 2.74. The molecule has 0 bridgehead atoms. The van der Waals surface area contributed by atoms with Crippen molar-refractivity contribution in [2.45, 2.75) is 38.3 Å². The van der Waals surface area contributed by atoms with Crippen LogP contribution < -0.4 is 5.32 Å². The van der Waals surface area contributed by atoms with E-state index in [1.165, 1.54) is 4.68 Å². The zero-order valence-corrected chi connectivity index (χ0v) is 18.0. The van der Waals surface area contributed by atoms with Crippen LogP contribution in [0.3, 0.4) is 0 Å². The number of nitrogens with one attached hydrogen (secondary N) is 1. The summed E-state index contributed by atoms with van der Waals surface area (Å²) >= 11 is 0. The number of nitrogens with zero attached hydrogens (tertiary/aromatic N) is 3. The van der Waals surface area contributed by atoms with Crippen molar-refractivity contribution in [1.82, 2.24) is 14.1 Å². The van der Waals surface area contributed by atoms with E-state index >= 15 is 0 Å². The van der Waals surface area contributed by atoms with Gasteiger partial charge in [-0.2, -0.15) is 22.6 Å². The summed E-state index contributed by atoms with van der Waals surface area (Å²) < 4.78 is 67.5. The summed E-state index contributed by atoms with van der Waals surface area (Å²) in [7, 11) is -2.70. The highest BCUT2D eigenvalue weighted by molar-refractivity contribution is 7.89. The molecule has 0 aliphatic heterocycles. The van der Waals surface area contributed by atoms with Crippen LogP contribution in [0, 0.1) is 12.8 Å². The Morgan fingerprint density at radius 1 is 1.27 bits per heavy atom. The zero-order valence-electron chi connectivity index (χ0n) is 17.2. The maximum absolute atomic E-state index is 13.0. The van der Waals surface area contributed by atoms with Gasteiger partial charge in [0.05, 0.1) is 22.7 Å². The van der Waals surface area contributed by atoms with Gasteiger partial charge in [0.2, 0.25) is 15.9 Å². The van der Waals surface area contributed by atoms with E-state index in [2.05, 4.69) is 10.4 Å². The zero-order chi connectivity index (χ0) is 22.7. The average Bonchev–Trinajstić information content (AvgIpc) is 2.94. The van der Waals surface area contributed by atoms with Crippen molar-refractivity contribution in [1.29, 1.82) is 0 Å². The minimum absolute atomic E-state index is 0.00587. The molecule has 1 heterocycles. The Bertz CT molecular complexity index is 1000. The summed E-state index contributed by atoms with van der Waals surface area (Å²) in [5.74, 6) is -0.0953. The van der Waals surface area contributed by atoms with Crippen molar-refractivity contribution in [2.24, 2.45) is 13.0 Å². The third kappa shape index (κ3) is 6.05. The molecule has 0 fully saturated rings. The summed E-state index contributed by atoms with van der Waals surface area (Å²) in [4.78, 5) is 12.0. The number of aryl methyl sites for hydroxylation is 2. The van der Waals surface area contributed by atoms with Gasteiger partial charge in [0.25, 0.3) is 0 Å². The number of rotatable bonds is 8. The first kappa shape index (κ1) is 23.9. The van der Waals surface area contributed by atoms with E-state index in [1.807, 2.05) is 13.8 Å². The van der Waals surface area contributed by atoms with Crippen molar-refractivity contribution in [3.8, 4) is 0 Å². The van der Waals surface area contributed by atoms with Gasteiger partial charge in [-0.3, -0.25) is 9.48 Å². The van der Waals surface area contributed by atoms with Gasteiger partial charge in [-0.25, -0.2) is 8.42 Å². The van der Waals surface area contributed by atoms with E-state index in [0.29, 0.717) is 24.0 Å². The normalized spacial score (nSPS) is 12.6. The van der Waals surface area contributed by atoms with Gasteiger partial charge in [0, 0.05) is 19.7 Å². The van der Waals surface area contributed by atoms with Gasteiger partial charge in [-0.05, 0) is 37.5 Å². The second-order valence-electron chi connectivity index (χ2n) is 7.39. The molecule has 1 N–H and O–H groups in total. The molecule has 0 atom stereocenters. The highest BCUT2D eigenvalue weighted by Crippen LogP contribution is 2.31. The number of hydrogen-bond donors (Lipinski definition) is 1. The molecule has 30 heavy (non-hydrogen) atoms. The molecule has 0 aliphatic carbocycles. The maximum Gasteiger partial charge on any atom is 0.416 e. The molecular formula is C19H25F3N4O3S. The van der Waals surface area contributed by atoms with Crippen LogP contribution in [0.2, 0.25) is 0 Å². The molecule has 7 nitrogen and oxygen atoms in total. The monoisotopic (exact) mass is 446 g/mol. The molecule has 1 aromatic heterocycles. The van der Waals surface area contributed by atoms with E-state index in [0.717, 1.165) is 22.5 Å². The molecule has 2 aromatic rings. The highest BCUT2D eigenvalue weighted by atomic mass is 32.2. The van der Waals surface area contributed by atoms with E-state index in [4.69, 9.17) is 0 Å². The number of amides is 1. The molecule has 1 aromatic carbocycles. The molecule has 1 amide bonds. The molecule has 166 valence electrons. The third-order valence-corrected chi connectivity index (χ3v) is 6.19. The number of hydrogen-bond acceptors (Lipinski definition) is 4. The van der Waals surface area contributed by atoms with Gasteiger partial charge in [-0.1, -0.05) is 19.9 Å². The standard InChI is InChI=1S/C19H25F3N4O3S/c1-13(2)8-9-26(12-18(27)23-17-10-14(3)24-25(17)4)30(28,29)16-7-5-6-15(11-16)19(20,21)22/h5-7,10-11,13H,8-9,12H2,1-4H3,(H,23,27).